The van der Waals surface area contributed by atoms with Crippen LogP contribution in [0.4, 0.5) is 5.69 Å². The van der Waals surface area contributed by atoms with Gasteiger partial charge in [0.15, 0.2) is 5.11 Å². The lowest BCUT2D eigenvalue weighted by Gasteiger charge is -2.11. The van der Waals surface area contributed by atoms with Crippen molar-refractivity contribution in [3.05, 3.63) is 46.2 Å². The van der Waals surface area contributed by atoms with Gasteiger partial charge >= 0.3 is 5.97 Å². The molecule has 6 nitrogen and oxygen atoms in total. The fourth-order valence-corrected chi connectivity index (χ4v) is 2.67. The van der Waals surface area contributed by atoms with Crippen LogP contribution < -0.4 is 10.6 Å². The Kier molecular flexibility index (Phi) is 7.39. The van der Waals surface area contributed by atoms with E-state index in [0.717, 1.165) is 35.4 Å². The zero-order valence-electron chi connectivity index (χ0n) is 14.2. The molecule has 8 heteroatoms. The number of ether oxygens (including phenoxy) is 1. The average Bonchev–Trinajstić information content (AvgIpc) is 2.90. The molecule has 1 aromatic carbocycles. The van der Waals surface area contributed by atoms with Crippen LogP contribution in [0.3, 0.4) is 0 Å². The van der Waals surface area contributed by atoms with Crippen LogP contribution in [0.15, 0.2) is 34.9 Å². The normalized spacial score (nSPS) is 10.4. The van der Waals surface area contributed by atoms with Gasteiger partial charge in [0.1, 0.15) is 0 Å². The summed E-state index contributed by atoms with van der Waals surface area (Å²) in [7, 11) is 0. The van der Waals surface area contributed by atoms with Crippen LogP contribution in [0.25, 0.3) is 0 Å². The van der Waals surface area contributed by atoms with E-state index >= 15 is 0 Å². The van der Waals surface area contributed by atoms with Gasteiger partial charge in [0.05, 0.1) is 22.3 Å². The third-order valence-electron chi connectivity index (χ3n) is 3.39. The Hall–Kier alpha value is -1.93. The summed E-state index contributed by atoms with van der Waals surface area (Å²) < 4.78 is 7.88. The molecule has 1 aromatic heterocycles. The highest BCUT2D eigenvalue weighted by molar-refractivity contribution is 9.10. The number of rotatable bonds is 7. The lowest BCUT2D eigenvalue weighted by Crippen LogP contribution is -2.29. The molecule has 25 heavy (non-hydrogen) atoms. The predicted octanol–water partition coefficient (Wildman–Crippen LogP) is 3.51. The maximum Gasteiger partial charge on any atom is 0.338 e. The minimum absolute atomic E-state index is 0.324. The van der Waals surface area contributed by atoms with Crippen molar-refractivity contribution < 1.29 is 9.53 Å². The smallest absolute Gasteiger partial charge is 0.338 e. The van der Waals surface area contributed by atoms with Crippen molar-refractivity contribution in [2.45, 2.75) is 26.8 Å². The molecule has 1 heterocycles. The van der Waals surface area contributed by atoms with Gasteiger partial charge < -0.3 is 15.4 Å². The van der Waals surface area contributed by atoms with Gasteiger partial charge in [0.2, 0.25) is 0 Å². The van der Waals surface area contributed by atoms with Gasteiger partial charge in [-0.2, -0.15) is 5.10 Å². The number of aromatic nitrogens is 2. The number of aryl methyl sites for hydroxylation is 2. The Morgan fingerprint density at radius 2 is 2.08 bits per heavy atom. The highest BCUT2D eigenvalue weighted by atomic mass is 79.9. The van der Waals surface area contributed by atoms with Crippen molar-refractivity contribution >= 4 is 44.9 Å². The van der Waals surface area contributed by atoms with Crippen LogP contribution in [-0.4, -0.2) is 34.0 Å². The average molecular weight is 425 g/mol. The first-order valence-corrected chi connectivity index (χ1v) is 9.21. The second-order valence-corrected chi connectivity index (χ2v) is 6.62. The van der Waals surface area contributed by atoms with Crippen molar-refractivity contribution in [2.24, 2.45) is 0 Å². The Labute approximate surface area is 161 Å². The fraction of sp³-hybridized carbons (Fsp3) is 0.353. The summed E-state index contributed by atoms with van der Waals surface area (Å²) in [6.45, 7) is 5.66. The summed E-state index contributed by atoms with van der Waals surface area (Å²) in [5.41, 5.74) is 2.32. The molecule has 0 spiro atoms. The lowest BCUT2D eigenvalue weighted by atomic mass is 10.2. The van der Waals surface area contributed by atoms with E-state index in [1.807, 2.05) is 17.8 Å². The Morgan fingerprint density at radius 1 is 1.36 bits per heavy atom. The Morgan fingerprint density at radius 3 is 2.68 bits per heavy atom. The summed E-state index contributed by atoms with van der Waals surface area (Å²) in [6.07, 6.45) is 2.87. The highest BCUT2D eigenvalue weighted by Gasteiger charge is 2.06. The molecule has 0 amide bonds. The molecular weight excluding hydrogens is 404 g/mol. The maximum absolute atomic E-state index is 11.6. The van der Waals surface area contributed by atoms with Crippen LogP contribution in [0, 0.1) is 6.92 Å². The van der Waals surface area contributed by atoms with E-state index in [9.17, 15) is 4.79 Å². The molecule has 0 aliphatic carbocycles. The number of anilines is 1. The standard InChI is InChI=1S/C17H21BrN4O2S/c1-3-24-16(23)13-5-7-14(8-6-13)20-17(25)19-9-4-10-22-11-15(18)12(2)21-22/h5-8,11H,3-4,9-10H2,1-2H3,(H2,19,20,25). The molecule has 0 aliphatic heterocycles. The maximum atomic E-state index is 11.6. The van der Waals surface area contributed by atoms with Gasteiger partial charge in [-0.15, -0.1) is 0 Å². The molecule has 2 aromatic rings. The van der Waals surface area contributed by atoms with Gasteiger partial charge in [-0.3, -0.25) is 4.68 Å². The molecule has 0 unspecified atom stereocenters. The van der Waals surface area contributed by atoms with Gasteiger partial charge in [0.25, 0.3) is 0 Å². The molecule has 2 N–H and O–H groups in total. The van der Waals surface area contributed by atoms with Gasteiger partial charge in [-0.1, -0.05) is 0 Å². The first-order chi connectivity index (χ1) is 12.0. The summed E-state index contributed by atoms with van der Waals surface area (Å²) in [5, 5.41) is 11.2. The lowest BCUT2D eigenvalue weighted by molar-refractivity contribution is 0.0526. The molecule has 0 bridgehead atoms. The van der Waals surface area contributed by atoms with Gasteiger partial charge in [-0.25, -0.2) is 4.79 Å². The van der Waals surface area contributed by atoms with E-state index in [0.29, 0.717) is 17.3 Å². The summed E-state index contributed by atoms with van der Waals surface area (Å²) in [6, 6.07) is 7.01. The van der Waals surface area contributed by atoms with Crippen LogP contribution in [0.1, 0.15) is 29.4 Å². The van der Waals surface area contributed by atoms with Crippen LogP contribution >= 0.6 is 28.1 Å². The predicted molar refractivity (Wildman–Crippen MR) is 106 cm³/mol. The number of halogens is 1. The molecule has 0 radical (unpaired) electrons. The molecular formula is C17H21BrN4O2S. The third kappa shape index (κ3) is 6.13. The Balaban J connectivity index is 1.72. The molecule has 0 saturated carbocycles. The van der Waals surface area contributed by atoms with E-state index in [1.165, 1.54) is 0 Å². The number of esters is 1. The first kappa shape index (κ1) is 19.4. The minimum atomic E-state index is -0.324. The second-order valence-electron chi connectivity index (χ2n) is 5.36. The van der Waals surface area contributed by atoms with E-state index in [-0.39, 0.29) is 5.97 Å². The number of benzene rings is 1. The number of carbonyl (C=O) groups is 1. The highest BCUT2D eigenvalue weighted by Crippen LogP contribution is 2.13. The summed E-state index contributed by atoms with van der Waals surface area (Å²) >= 11 is 8.72. The van der Waals surface area contributed by atoms with Crippen molar-refractivity contribution in [3.63, 3.8) is 0 Å². The first-order valence-electron chi connectivity index (χ1n) is 8.01. The van der Waals surface area contributed by atoms with E-state index in [2.05, 4.69) is 31.7 Å². The molecule has 0 saturated heterocycles. The number of carbonyl (C=O) groups excluding carboxylic acids is 1. The minimum Gasteiger partial charge on any atom is -0.462 e. The van der Waals surface area contributed by atoms with Gasteiger partial charge in [-0.05, 0) is 72.7 Å². The number of nitrogens with one attached hydrogen (secondary N) is 2. The van der Waals surface area contributed by atoms with Crippen LogP contribution in [0.5, 0.6) is 0 Å². The van der Waals surface area contributed by atoms with E-state index in [4.69, 9.17) is 17.0 Å². The van der Waals surface area contributed by atoms with E-state index in [1.54, 1.807) is 31.2 Å². The fourth-order valence-electron chi connectivity index (χ4n) is 2.13. The second kappa shape index (κ2) is 9.53. The summed E-state index contributed by atoms with van der Waals surface area (Å²) in [5.74, 6) is -0.324. The number of hydrogen-bond acceptors (Lipinski definition) is 4. The quantitative estimate of drug-likeness (QED) is 0.402. The molecule has 0 atom stereocenters. The monoisotopic (exact) mass is 424 g/mol. The zero-order valence-corrected chi connectivity index (χ0v) is 16.6. The summed E-state index contributed by atoms with van der Waals surface area (Å²) in [4.78, 5) is 11.6. The van der Waals surface area contributed by atoms with E-state index < -0.39 is 0 Å². The SMILES string of the molecule is CCOC(=O)c1ccc(NC(=S)NCCCn2cc(Br)c(C)n2)cc1. The van der Waals surface area contributed by atoms with Crippen molar-refractivity contribution in [1.82, 2.24) is 15.1 Å². The van der Waals surface area contributed by atoms with Crippen LogP contribution in [-0.2, 0) is 11.3 Å². The largest absolute Gasteiger partial charge is 0.462 e. The van der Waals surface area contributed by atoms with Crippen LogP contribution in [0.2, 0.25) is 0 Å². The van der Waals surface area contributed by atoms with Crippen molar-refractivity contribution in [3.8, 4) is 0 Å². The van der Waals surface area contributed by atoms with Gasteiger partial charge in [0, 0.05) is 25.0 Å². The molecule has 0 aliphatic rings. The topological polar surface area (TPSA) is 68.2 Å². The molecule has 134 valence electrons. The Bertz CT molecular complexity index is 711. The molecule has 0 fully saturated rings. The van der Waals surface area contributed by atoms with Crippen molar-refractivity contribution in [2.75, 3.05) is 18.5 Å². The third-order valence-corrected chi connectivity index (χ3v) is 4.41. The van der Waals surface area contributed by atoms with Crippen molar-refractivity contribution in [1.29, 1.82) is 0 Å². The number of thiocarbonyl (C=S) groups is 1. The molecule has 2 rings (SSSR count). The number of hydrogen-bond donors (Lipinski definition) is 2. The zero-order chi connectivity index (χ0) is 18.2. The number of nitrogens with zero attached hydrogens (tertiary/aromatic N) is 2.